The van der Waals surface area contributed by atoms with Crippen LogP contribution >= 0.6 is 0 Å². The number of para-hydroxylation sites is 3. The van der Waals surface area contributed by atoms with Crippen LogP contribution in [-0.4, -0.2) is 18.3 Å². The SMILES string of the molecule is Cn1c2ccc(-n3c4c(c5ccccc53)C=CCC4)cc2c2cc(-n3c4ccccc4c4ccccc43)ccc21.Cn1c2ccc(C(C)(C)C)cc2c2cc(C(C)(C)C)ccc21. The van der Waals surface area contributed by atoms with Gasteiger partial charge in [-0.2, -0.15) is 0 Å². The number of aryl methyl sites for hydroxylation is 2. The molecule has 0 bridgehead atoms. The van der Waals surface area contributed by atoms with Crippen LogP contribution in [0.25, 0.3) is 93.8 Å². The lowest BCUT2D eigenvalue weighted by atomic mass is 9.85. The molecule has 4 heterocycles. The van der Waals surface area contributed by atoms with E-state index in [1.807, 2.05) is 0 Å². The van der Waals surface area contributed by atoms with Crippen molar-refractivity contribution in [1.82, 2.24) is 18.3 Å². The molecule has 0 N–H and O–H groups in total. The number of benzene rings is 7. The first-order chi connectivity index (χ1) is 29.9. The minimum Gasteiger partial charge on any atom is -0.344 e. The van der Waals surface area contributed by atoms with Gasteiger partial charge in [-0.1, -0.05) is 120 Å². The van der Waals surface area contributed by atoms with Crippen LogP contribution in [0.15, 0.2) is 152 Å². The van der Waals surface area contributed by atoms with Crippen LogP contribution in [0.2, 0.25) is 0 Å². The van der Waals surface area contributed by atoms with Crippen molar-refractivity contribution < 1.29 is 0 Å². The minimum absolute atomic E-state index is 0.179. The lowest BCUT2D eigenvalue weighted by molar-refractivity contribution is 0.590. The van der Waals surface area contributed by atoms with E-state index in [1.165, 1.54) is 110 Å². The van der Waals surface area contributed by atoms with Gasteiger partial charge in [0.25, 0.3) is 0 Å². The zero-order chi connectivity index (χ0) is 42.7. The van der Waals surface area contributed by atoms with Gasteiger partial charge < -0.3 is 18.3 Å². The molecule has 1 aliphatic carbocycles. The number of fused-ring (bicyclic) bond motifs is 12. The molecule has 0 fully saturated rings. The highest BCUT2D eigenvalue weighted by Gasteiger charge is 2.22. The van der Waals surface area contributed by atoms with Crippen molar-refractivity contribution in [3.8, 4) is 11.4 Å². The molecule has 0 unspecified atom stereocenters. The second-order valence-corrected chi connectivity index (χ2v) is 19.5. The standard InChI is InChI=1S/C37H27N3.C21H27N/c1-38-32-20-18-24(39-34-14-6-2-10-26(34)27-11-3-7-15-35(27)39)22-30(32)31-23-25(19-21-33(31)38)40-36-16-8-4-12-28(36)29-13-5-9-17-37(29)40;1-20(2,3)14-8-10-18-16(12-14)17-13-15(21(4,5)6)9-11-19(17)22(18)7/h2-8,10-16,18-23H,9,17H2,1H3;8-13H,1-7H3. The molecule has 0 aliphatic heterocycles. The molecule has 4 aromatic heterocycles. The Balaban J connectivity index is 0.000000167. The third-order valence-corrected chi connectivity index (χ3v) is 13.7. The molecule has 0 radical (unpaired) electrons. The van der Waals surface area contributed by atoms with E-state index < -0.39 is 0 Å². The first-order valence-electron chi connectivity index (χ1n) is 22.2. The highest BCUT2D eigenvalue weighted by Crippen LogP contribution is 2.39. The van der Waals surface area contributed by atoms with Crippen molar-refractivity contribution in [1.29, 1.82) is 0 Å². The van der Waals surface area contributed by atoms with Crippen LogP contribution in [0.3, 0.4) is 0 Å². The van der Waals surface area contributed by atoms with Gasteiger partial charge in [-0.15, -0.1) is 0 Å². The van der Waals surface area contributed by atoms with E-state index in [0.29, 0.717) is 0 Å². The Labute approximate surface area is 363 Å². The van der Waals surface area contributed by atoms with Gasteiger partial charge >= 0.3 is 0 Å². The van der Waals surface area contributed by atoms with E-state index in [0.717, 1.165) is 12.8 Å². The fourth-order valence-electron chi connectivity index (χ4n) is 10.3. The highest BCUT2D eigenvalue weighted by atomic mass is 15.0. The summed E-state index contributed by atoms with van der Waals surface area (Å²) in [6.45, 7) is 13.7. The maximum absolute atomic E-state index is 2.49. The van der Waals surface area contributed by atoms with Gasteiger partial charge in [0.05, 0.1) is 16.6 Å². The van der Waals surface area contributed by atoms with E-state index in [2.05, 4.69) is 232 Å². The quantitative estimate of drug-likeness (QED) is 0.166. The van der Waals surface area contributed by atoms with Gasteiger partial charge in [0.2, 0.25) is 0 Å². The lowest BCUT2D eigenvalue weighted by Crippen LogP contribution is -2.10. The minimum atomic E-state index is 0.179. The number of allylic oxidation sites excluding steroid dienone is 1. The molecule has 0 saturated carbocycles. The molecular weight excluding hydrogens is 753 g/mol. The van der Waals surface area contributed by atoms with Crippen LogP contribution < -0.4 is 0 Å². The molecule has 0 spiro atoms. The summed E-state index contributed by atoms with van der Waals surface area (Å²) in [5.41, 5.74) is 17.2. The van der Waals surface area contributed by atoms with E-state index in [9.17, 15) is 0 Å². The van der Waals surface area contributed by atoms with Crippen LogP contribution in [0.1, 0.15) is 70.3 Å². The van der Waals surface area contributed by atoms with Gasteiger partial charge in [-0.05, 0) is 114 Å². The molecule has 62 heavy (non-hydrogen) atoms. The Bertz CT molecular complexity index is 3490. The zero-order valence-electron chi connectivity index (χ0n) is 37.2. The van der Waals surface area contributed by atoms with Crippen molar-refractivity contribution in [2.45, 2.75) is 65.2 Å². The zero-order valence-corrected chi connectivity index (χ0v) is 37.2. The van der Waals surface area contributed by atoms with E-state index in [4.69, 9.17) is 0 Å². The molecule has 1 aliphatic rings. The fourth-order valence-corrected chi connectivity index (χ4v) is 10.3. The lowest BCUT2D eigenvalue weighted by Gasteiger charge is -2.19. The Morgan fingerprint density at radius 3 is 1.27 bits per heavy atom. The summed E-state index contributed by atoms with van der Waals surface area (Å²) in [5.74, 6) is 0. The van der Waals surface area contributed by atoms with Crippen molar-refractivity contribution in [3.63, 3.8) is 0 Å². The molecule has 7 aromatic carbocycles. The Kier molecular flexibility index (Phi) is 8.54. The molecule has 4 heteroatoms. The second kappa shape index (κ2) is 13.9. The average molecular weight is 807 g/mol. The molecule has 0 amide bonds. The monoisotopic (exact) mass is 806 g/mol. The molecule has 0 atom stereocenters. The van der Waals surface area contributed by atoms with Crippen molar-refractivity contribution in [2.24, 2.45) is 14.1 Å². The van der Waals surface area contributed by atoms with Crippen LogP contribution in [0, 0.1) is 0 Å². The van der Waals surface area contributed by atoms with Crippen LogP contribution in [0.4, 0.5) is 0 Å². The fraction of sp³-hybridized carbons (Fsp3) is 0.207. The van der Waals surface area contributed by atoms with E-state index in [-0.39, 0.29) is 10.8 Å². The van der Waals surface area contributed by atoms with E-state index >= 15 is 0 Å². The Hall–Kier alpha value is -6.78. The topological polar surface area (TPSA) is 19.7 Å². The number of nitrogens with zero attached hydrogens (tertiary/aromatic N) is 4. The van der Waals surface area contributed by atoms with Crippen molar-refractivity contribution in [3.05, 3.63) is 174 Å². The molecule has 11 aromatic rings. The van der Waals surface area contributed by atoms with Crippen molar-refractivity contribution in [2.75, 3.05) is 0 Å². The highest BCUT2D eigenvalue weighted by molar-refractivity contribution is 6.12. The number of hydrogen-bond donors (Lipinski definition) is 0. The van der Waals surface area contributed by atoms with Gasteiger partial charge in [0.15, 0.2) is 0 Å². The summed E-state index contributed by atoms with van der Waals surface area (Å²) in [5, 5.41) is 9.22. The van der Waals surface area contributed by atoms with Crippen LogP contribution in [-0.2, 0) is 31.3 Å². The summed E-state index contributed by atoms with van der Waals surface area (Å²) in [4.78, 5) is 0. The maximum Gasteiger partial charge on any atom is 0.0541 e. The maximum atomic E-state index is 2.49. The van der Waals surface area contributed by atoms with Gasteiger partial charge in [-0.25, -0.2) is 0 Å². The summed E-state index contributed by atoms with van der Waals surface area (Å²) < 4.78 is 9.54. The predicted molar refractivity (Wildman–Crippen MR) is 267 cm³/mol. The third-order valence-electron chi connectivity index (χ3n) is 13.7. The van der Waals surface area contributed by atoms with Gasteiger partial charge in [0, 0.05) is 96.5 Å². The number of aromatic nitrogens is 4. The predicted octanol–water partition coefficient (Wildman–Crippen LogP) is 15.3. The van der Waals surface area contributed by atoms with Gasteiger partial charge in [-0.3, -0.25) is 0 Å². The summed E-state index contributed by atoms with van der Waals surface area (Å²) in [6, 6.07) is 54.0. The smallest absolute Gasteiger partial charge is 0.0541 e. The first kappa shape index (κ1) is 38.2. The Morgan fingerprint density at radius 2 is 0.790 bits per heavy atom. The average Bonchev–Trinajstić information content (AvgIpc) is 3.97. The first-order valence-corrected chi connectivity index (χ1v) is 22.2. The second-order valence-electron chi connectivity index (χ2n) is 19.5. The molecule has 306 valence electrons. The van der Waals surface area contributed by atoms with E-state index in [1.54, 1.807) is 0 Å². The summed E-state index contributed by atoms with van der Waals surface area (Å²) in [7, 11) is 4.35. The van der Waals surface area contributed by atoms with Crippen LogP contribution in [0.5, 0.6) is 0 Å². The summed E-state index contributed by atoms with van der Waals surface area (Å²) in [6.07, 6.45) is 6.77. The summed E-state index contributed by atoms with van der Waals surface area (Å²) >= 11 is 0. The third kappa shape index (κ3) is 5.87. The largest absolute Gasteiger partial charge is 0.344 e. The number of rotatable bonds is 2. The Morgan fingerprint density at radius 1 is 0.387 bits per heavy atom. The molecule has 0 saturated heterocycles. The number of hydrogen-bond acceptors (Lipinski definition) is 0. The van der Waals surface area contributed by atoms with Gasteiger partial charge in [0.1, 0.15) is 0 Å². The molecule has 12 rings (SSSR count). The normalized spacial score (nSPS) is 13.3. The van der Waals surface area contributed by atoms with Crippen molar-refractivity contribution >= 4 is 82.4 Å². The molecular formula is C58H54N4. The molecule has 4 nitrogen and oxygen atoms in total.